The van der Waals surface area contributed by atoms with Crippen molar-refractivity contribution >= 4 is 17.7 Å². The molecule has 8 nitrogen and oxygen atoms in total. The van der Waals surface area contributed by atoms with Gasteiger partial charge in [-0.15, -0.1) is 6.58 Å². The van der Waals surface area contributed by atoms with E-state index in [9.17, 15) is 14.4 Å². The summed E-state index contributed by atoms with van der Waals surface area (Å²) in [5.74, 6) is -1.62. The third kappa shape index (κ3) is 7.07. The molecule has 0 fully saturated rings. The molecule has 3 amide bonds. The monoisotopic (exact) mass is 320 g/mol. The van der Waals surface area contributed by atoms with Crippen molar-refractivity contribution in [3.63, 3.8) is 0 Å². The molecule has 8 heteroatoms. The van der Waals surface area contributed by atoms with Gasteiger partial charge in [0.05, 0.1) is 13.2 Å². The van der Waals surface area contributed by atoms with Crippen LogP contribution in [0.2, 0.25) is 0 Å². The van der Waals surface area contributed by atoms with E-state index in [1.54, 1.807) is 18.3 Å². The van der Waals surface area contributed by atoms with Crippen LogP contribution in [0.1, 0.15) is 12.5 Å². The lowest BCUT2D eigenvalue weighted by molar-refractivity contribution is -0.139. The molecular formula is C15H20N4O4. The van der Waals surface area contributed by atoms with Gasteiger partial charge >= 0.3 is 11.8 Å². The summed E-state index contributed by atoms with van der Waals surface area (Å²) in [4.78, 5) is 38.3. The van der Waals surface area contributed by atoms with Crippen molar-refractivity contribution in [1.29, 1.82) is 0 Å². The van der Waals surface area contributed by atoms with Crippen LogP contribution < -0.4 is 20.7 Å². The lowest BCUT2D eigenvalue weighted by Gasteiger charge is -2.08. The minimum Gasteiger partial charge on any atom is -0.478 e. The van der Waals surface area contributed by atoms with E-state index in [2.05, 4.69) is 27.5 Å². The Kier molecular flexibility index (Phi) is 7.84. The van der Waals surface area contributed by atoms with Gasteiger partial charge in [0.15, 0.2) is 0 Å². The number of amides is 3. The highest BCUT2D eigenvalue weighted by Crippen LogP contribution is 2.08. The number of hydrogen-bond donors (Lipinski definition) is 3. The molecule has 0 aromatic carbocycles. The molecule has 124 valence electrons. The highest BCUT2D eigenvalue weighted by atomic mass is 16.5. The van der Waals surface area contributed by atoms with E-state index < -0.39 is 17.7 Å². The van der Waals surface area contributed by atoms with Crippen molar-refractivity contribution in [2.75, 3.05) is 19.7 Å². The number of rotatable bonds is 8. The molecule has 0 atom stereocenters. The zero-order chi connectivity index (χ0) is 17.1. The van der Waals surface area contributed by atoms with Crippen molar-refractivity contribution < 1.29 is 19.1 Å². The third-order valence-corrected chi connectivity index (χ3v) is 2.60. The fourth-order valence-corrected chi connectivity index (χ4v) is 1.54. The van der Waals surface area contributed by atoms with Gasteiger partial charge in [0.2, 0.25) is 11.8 Å². The second-order valence-corrected chi connectivity index (χ2v) is 4.39. The van der Waals surface area contributed by atoms with Crippen LogP contribution in [0.4, 0.5) is 0 Å². The predicted molar refractivity (Wildman–Crippen MR) is 83.5 cm³/mol. The molecule has 1 rings (SSSR count). The topological polar surface area (TPSA) is 109 Å². The maximum Gasteiger partial charge on any atom is 0.309 e. The summed E-state index contributed by atoms with van der Waals surface area (Å²) in [6.07, 6.45) is 3.03. The van der Waals surface area contributed by atoms with Crippen LogP contribution in [-0.2, 0) is 20.9 Å². The van der Waals surface area contributed by atoms with Gasteiger partial charge in [-0.2, -0.15) is 0 Å². The van der Waals surface area contributed by atoms with Gasteiger partial charge in [0.25, 0.3) is 0 Å². The van der Waals surface area contributed by atoms with Gasteiger partial charge < -0.3 is 20.7 Å². The summed E-state index contributed by atoms with van der Waals surface area (Å²) in [6, 6.07) is 3.45. The van der Waals surface area contributed by atoms with E-state index >= 15 is 0 Å². The molecule has 0 saturated heterocycles. The SMILES string of the molecule is C=CCNC(=O)C(=O)NCC(=O)NCc1ccnc(OCC)c1. The summed E-state index contributed by atoms with van der Waals surface area (Å²) in [5, 5.41) is 7.16. The summed E-state index contributed by atoms with van der Waals surface area (Å²) >= 11 is 0. The molecule has 0 radical (unpaired) electrons. The number of pyridine rings is 1. The number of ether oxygens (including phenoxy) is 1. The number of nitrogens with zero attached hydrogens (tertiary/aromatic N) is 1. The second kappa shape index (κ2) is 9.93. The molecule has 23 heavy (non-hydrogen) atoms. The Hall–Kier alpha value is -2.90. The van der Waals surface area contributed by atoms with Gasteiger partial charge in [-0.1, -0.05) is 6.08 Å². The Balaban J connectivity index is 2.34. The van der Waals surface area contributed by atoms with Crippen LogP contribution in [0, 0.1) is 0 Å². The van der Waals surface area contributed by atoms with Gasteiger partial charge in [-0.25, -0.2) is 4.98 Å². The van der Waals surface area contributed by atoms with E-state index in [4.69, 9.17) is 4.74 Å². The first-order valence-corrected chi connectivity index (χ1v) is 7.08. The van der Waals surface area contributed by atoms with E-state index in [-0.39, 0.29) is 19.6 Å². The molecule has 0 saturated carbocycles. The van der Waals surface area contributed by atoms with Crippen molar-refractivity contribution in [2.24, 2.45) is 0 Å². The maximum atomic E-state index is 11.6. The quantitative estimate of drug-likeness (QED) is 0.442. The highest BCUT2D eigenvalue weighted by Gasteiger charge is 2.13. The summed E-state index contributed by atoms with van der Waals surface area (Å²) in [6.45, 7) is 5.93. The smallest absolute Gasteiger partial charge is 0.309 e. The van der Waals surface area contributed by atoms with E-state index in [0.717, 1.165) is 5.56 Å². The maximum absolute atomic E-state index is 11.6. The standard InChI is InChI=1S/C15H20N4O4/c1-3-6-17-14(21)15(22)19-10-12(20)18-9-11-5-7-16-13(8-11)23-4-2/h3,5,7-8H,1,4,6,9-10H2,2H3,(H,17,21)(H,18,20)(H,19,22). The van der Waals surface area contributed by atoms with Crippen molar-refractivity contribution in [1.82, 2.24) is 20.9 Å². The number of carbonyl (C=O) groups is 3. The average molecular weight is 320 g/mol. The van der Waals surface area contributed by atoms with Gasteiger partial charge in [0.1, 0.15) is 0 Å². The molecule has 0 aliphatic carbocycles. The number of carbonyl (C=O) groups excluding carboxylic acids is 3. The Bertz CT molecular complexity index is 574. The Morgan fingerprint density at radius 2 is 2.00 bits per heavy atom. The fourth-order valence-electron chi connectivity index (χ4n) is 1.54. The van der Waals surface area contributed by atoms with Crippen LogP contribution in [0.15, 0.2) is 31.0 Å². The summed E-state index contributed by atoms with van der Waals surface area (Å²) < 4.78 is 5.26. The van der Waals surface area contributed by atoms with Crippen molar-refractivity contribution in [3.8, 4) is 5.88 Å². The number of nitrogens with one attached hydrogen (secondary N) is 3. The van der Waals surface area contributed by atoms with E-state index in [1.807, 2.05) is 6.92 Å². The predicted octanol–water partition coefficient (Wildman–Crippen LogP) is -0.485. The van der Waals surface area contributed by atoms with Gasteiger partial charge in [-0.05, 0) is 18.6 Å². The summed E-state index contributed by atoms with van der Waals surface area (Å²) in [5.41, 5.74) is 0.812. The fraction of sp³-hybridized carbons (Fsp3) is 0.333. The summed E-state index contributed by atoms with van der Waals surface area (Å²) in [7, 11) is 0. The molecule has 0 aliphatic heterocycles. The zero-order valence-electron chi connectivity index (χ0n) is 12.9. The van der Waals surface area contributed by atoms with E-state index in [1.165, 1.54) is 6.08 Å². The van der Waals surface area contributed by atoms with Crippen LogP contribution in [0.3, 0.4) is 0 Å². The van der Waals surface area contributed by atoms with Crippen LogP contribution in [0.25, 0.3) is 0 Å². The lowest BCUT2D eigenvalue weighted by Crippen LogP contribution is -2.44. The highest BCUT2D eigenvalue weighted by molar-refractivity contribution is 6.35. The molecule has 0 bridgehead atoms. The Morgan fingerprint density at radius 1 is 1.26 bits per heavy atom. The first kappa shape index (κ1) is 18.1. The average Bonchev–Trinajstić information content (AvgIpc) is 2.56. The molecule has 1 aromatic rings. The third-order valence-electron chi connectivity index (χ3n) is 2.60. The van der Waals surface area contributed by atoms with Crippen LogP contribution in [0.5, 0.6) is 5.88 Å². The van der Waals surface area contributed by atoms with Crippen molar-refractivity contribution in [3.05, 3.63) is 36.5 Å². The molecule has 0 unspecified atom stereocenters. The molecule has 0 aliphatic rings. The normalized spacial score (nSPS) is 9.61. The van der Waals surface area contributed by atoms with E-state index in [0.29, 0.717) is 12.5 Å². The number of aromatic nitrogens is 1. The lowest BCUT2D eigenvalue weighted by atomic mass is 10.2. The zero-order valence-corrected chi connectivity index (χ0v) is 12.9. The molecular weight excluding hydrogens is 300 g/mol. The van der Waals surface area contributed by atoms with Crippen LogP contribution in [-0.4, -0.2) is 42.4 Å². The first-order chi connectivity index (χ1) is 11.1. The first-order valence-electron chi connectivity index (χ1n) is 7.08. The minimum absolute atomic E-state index is 0.183. The second-order valence-electron chi connectivity index (χ2n) is 4.39. The van der Waals surface area contributed by atoms with Gasteiger partial charge in [-0.3, -0.25) is 14.4 Å². The van der Waals surface area contributed by atoms with Crippen molar-refractivity contribution in [2.45, 2.75) is 13.5 Å². The molecule has 3 N–H and O–H groups in total. The largest absolute Gasteiger partial charge is 0.478 e. The molecule has 0 spiro atoms. The minimum atomic E-state index is -0.871. The number of hydrogen-bond acceptors (Lipinski definition) is 5. The molecule has 1 aromatic heterocycles. The van der Waals surface area contributed by atoms with Gasteiger partial charge in [0, 0.05) is 25.4 Å². The van der Waals surface area contributed by atoms with Crippen LogP contribution >= 0.6 is 0 Å². The Labute approximate surface area is 134 Å². The Morgan fingerprint density at radius 3 is 2.70 bits per heavy atom. The molecule has 1 heterocycles.